The summed E-state index contributed by atoms with van der Waals surface area (Å²) in [6, 6.07) is 4.62. The number of carbonyl (C=O) groups is 10. The van der Waals surface area contributed by atoms with Crippen LogP contribution >= 0.6 is 0 Å². The molecule has 0 aliphatic carbocycles. The zero-order valence-electron chi connectivity index (χ0n) is 39.4. The van der Waals surface area contributed by atoms with Crippen LogP contribution in [-0.4, -0.2) is 133 Å². The predicted octanol–water partition coefficient (Wildman–Crippen LogP) is -0.0672. The van der Waals surface area contributed by atoms with Crippen LogP contribution in [0.4, 0.5) is 0 Å². The van der Waals surface area contributed by atoms with Gasteiger partial charge in [0, 0.05) is 47.0 Å². The van der Waals surface area contributed by atoms with E-state index < -0.39 is 139 Å². The molecule has 0 aliphatic rings. The van der Waals surface area contributed by atoms with Crippen molar-refractivity contribution in [2.24, 2.45) is 17.6 Å². The van der Waals surface area contributed by atoms with Gasteiger partial charge in [0.25, 0.3) is 0 Å². The fourth-order valence-electron chi connectivity index (χ4n) is 7.48. The fourth-order valence-corrected chi connectivity index (χ4v) is 7.48. The first kappa shape index (κ1) is 54.8. The van der Waals surface area contributed by atoms with E-state index in [-0.39, 0.29) is 12.8 Å². The number of aliphatic carboxylic acids is 3. The van der Waals surface area contributed by atoms with Gasteiger partial charge in [-0.05, 0) is 54.9 Å². The number of para-hydroxylation sites is 2. The highest BCUT2D eigenvalue weighted by Crippen LogP contribution is 2.21. The van der Waals surface area contributed by atoms with Gasteiger partial charge in [-0.2, -0.15) is 0 Å². The Balaban J connectivity index is 1.38. The Morgan fingerprint density at radius 1 is 0.586 bits per heavy atom. The molecule has 2 aromatic heterocycles. The highest BCUT2D eigenvalue weighted by molar-refractivity contribution is 5.98. The van der Waals surface area contributed by atoms with Crippen LogP contribution in [0.5, 0.6) is 0 Å². The van der Waals surface area contributed by atoms with E-state index in [4.69, 9.17) is 5.73 Å². The van der Waals surface area contributed by atoms with Gasteiger partial charge in [-0.3, -0.25) is 43.2 Å². The zero-order valence-corrected chi connectivity index (χ0v) is 39.4. The van der Waals surface area contributed by atoms with Crippen LogP contribution < -0.4 is 43.0 Å². The summed E-state index contributed by atoms with van der Waals surface area (Å²) in [4.78, 5) is 135. The number of H-pyrrole nitrogens is 2. The summed E-state index contributed by atoms with van der Waals surface area (Å²) in [6.07, 6.45) is 1.71. The maximum absolute atomic E-state index is 13.6. The van der Waals surface area contributed by atoms with Crippen LogP contribution in [0.3, 0.4) is 0 Å². The number of nitrogens with one attached hydrogen (secondary N) is 9. The van der Waals surface area contributed by atoms with Crippen molar-refractivity contribution in [1.82, 2.24) is 47.2 Å². The minimum absolute atomic E-state index is 0.0337. The van der Waals surface area contributed by atoms with Gasteiger partial charge in [-0.25, -0.2) is 4.79 Å². The molecule has 0 aliphatic heterocycles. The summed E-state index contributed by atoms with van der Waals surface area (Å²) in [6.45, 7) is 7.14. The van der Waals surface area contributed by atoms with Crippen LogP contribution in [-0.2, 0) is 60.8 Å². The molecule has 2 aromatic carbocycles. The third-order valence-corrected chi connectivity index (χ3v) is 11.7. The fraction of sp³-hybridized carbons (Fsp3) is 0.447. The maximum atomic E-state index is 13.6. The van der Waals surface area contributed by atoms with Crippen LogP contribution in [0.2, 0.25) is 0 Å². The van der Waals surface area contributed by atoms with Crippen molar-refractivity contribution < 1.29 is 63.3 Å². The average molecular weight is 975 g/mol. The lowest BCUT2D eigenvalue weighted by Gasteiger charge is -2.26. The molecule has 8 atom stereocenters. The van der Waals surface area contributed by atoms with E-state index in [1.807, 2.05) is 36.4 Å². The van der Waals surface area contributed by atoms with E-state index in [0.29, 0.717) is 17.5 Å². The molecular formula is C47H62N10O13. The van der Waals surface area contributed by atoms with Gasteiger partial charge in [0.2, 0.25) is 41.4 Å². The zero-order chi connectivity index (χ0) is 51.8. The van der Waals surface area contributed by atoms with Gasteiger partial charge in [0.05, 0.1) is 19.0 Å². The van der Waals surface area contributed by atoms with E-state index >= 15 is 0 Å². The molecule has 0 fully saturated rings. The number of carboxylic acid groups (broad SMARTS) is 3. The van der Waals surface area contributed by atoms with Crippen molar-refractivity contribution in [1.29, 1.82) is 0 Å². The summed E-state index contributed by atoms with van der Waals surface area (Å²) in [5, 5.41) is 47.3. The molecule has 0 radical (unpaired) electrons. The number of benzene rings is 2. The minimum Gasteiger partial charge on any atom is -0.481 e. The van der Waals surface area contributed by atoms with Crippen molar-refractivity contribution in [3.8, 4) is 0 Å². The molecule has 0 spiro atoms. The third kappa shape index (κ3) is 15.6. The lowest BCUT2D eigenvalue weighted by molar-refractivity contribution is -0.144. The van der Waals surface area contributed by atoms with E-state index in [1.165, 1.54) is 6.92 Å². The van der Waals surface area contributed by atoms with Crippen LogP contribution in [0.25, 0.3) is 21.8 Å². The Bertz CT molecular complexity index is 2560. The molecule has 4 aromatic rings. The SMILES string of the molecule is CC[C@H](C)[C@H](NC(=O)[C@H](Cc1c[nH]c2ccccc12)NC(=O)CNC(=O)[C@@H](NC(=O)[C@H](C)NC(=O)[C@H](CC(=O)O)NC(=O)[C@H](CCC(=O)O)NC(=O)[C@@H](N)Cc1c[nH]c2ccccc12)C(C)C)C(=O)O. The molecule has 0 bridgehead atoms. The van der Waals surface area contributed by atoms with Crippen molar-refractivity contribution in [3.05, 3.63) is 72.1 Å². The van der Waals surface area contributed by atoms with Crippen LogP contribution in [0.15, 0.2) is 60.9 Å². The van der Waals surface area contributed by atoms with Crippen molar-refractivity contribution in [2.45, 2.75) is 115 Å². The Labute approximate surface area is 402 Å². The van der Waals surface area contributed by atoms with Gasteiger partial charge in [-0.1, -0.05) is 70.5 Å². The predicted molar refractivity (Wildman–Crippen MR) is 253 cm³/mol. The smallest absolute Gasteiger partial charge is 0.326 e. The monoisotopic (exact) mass is 974 g/mol. The molecule has 23 heteroatoms. The molecular weight excluding hydrogens is 913 g/mol. The van der Waals surface area contributed by atoms with Crippen LogP contribution in [0, 0.1) is 11.8 Å². The molecule has 70 heavy (non-hydrogen) atoms. The molecule has 14 N–H and O–H groups in total. The van der Waals surface area contributed by atoms with Crippen molar-refractivity contribution >= 4 is 81.1 Å². The number of fused-ring (bicyclic) bond motifs is 2. The van der Waals surface area contributed by atoms with E-state index in [0.717, 1.165) is 21.8 Å². The van der Waals surface area contributed by atoms with Gasteiger partial charge in [0.15, 0.2) is 0 Å². The summed E-state index contributed by atoms with van der Waals surface area (Å²) in [5.41, 5.74) is 9.09. The molecule has 7 amide bonds. The molecule has 0 unspecified atom stereocenters. The van der Waals surface area contributed by atoms with Crippen molar-refractivity contribution in [3.63, 3.8) is 0 Å². The minimum atomic E-state index is -1.83. The highest BCUT2D eigenvalue weighted by atomic mass is 16.4. The van der Waals surface area contributed by atoms with E-state index in [2.05, 4.69) is 47.2 Å². The summed E-state index contributed by atoms with van der Waals surface area (Å²) < 4.78 is 0. The number of aromatic nitrogens is 2. The number of nitrogens with two attached hydrogens (primary N) is 1. The first-order valence-electron chi connectivity index (χ1n) is 22.7. The Kier molecular flexibility index (Phi) is 20.0. The van der Waals surface area contributed by atoms with Gasteiger partial charge in [-0.15, -0.1) is 0 Å². The quantitative estimate of drug-likeness (QED) is 0.0372. The first-order valence-corrected chi connectivity index (χ1v) is 22.7. The Hall–Kier alpha value is -7.82. The highest BCUT2D eigenvalue weighted by Gasteiger charge is 2.34. The topological polar surface area (TPSA) is 373 Å². The molecule has 23 nitrogen and oxygen atoms in total. The van der Waals surface area contributed by atoms with E-state index in [9.17, 15) is 63.3 Å². The standard InChI is InChI=1S/C47H62N10O13/c1-6-24(4)40(47(69)70)57-45(67)34(18-27-21-50-32-14-10-8-12-29(27)32)53-36(58)22-51-46(68)39(23(2)3)56-41(63)25(5)52-44(66)35(19-38(61)62)55-43(65)33(15-16-37(59)60)54-42(64)30(48)17-26-20-49-31-13-9-7-11-28(26)31/h7-14,20-21,23-25,30,33-35,39-40,49-50H,6,15-19,22,48H2,1-5H3,(H,51,68)(H,52,66)(H,53,58)(H,54,64)(H,55,65)(H,56,63)(H,57,67)(H,59,60)(H,61,62)(H,69,70)/t24-,25-,30-,33-,34-,35-,39-,40-/m0/s1. The van der Waals surface area contributed by atoms with Gasteiger partial charge in [0.1, 0.15) is 36.3 Å². The number of hydrogen-bond donors (Lipinski definition) is 13. The second-order valence-electron chi connectivity index (χ2n) is 17.4. The Morgan fingerprint density at radius 2 is 1.11 bits per heavy atom. The van der Waals surface area contributed by atoms with Gasteiger partial charge < -0.3 is 68.2 Å². The van der Waals surface area contributed by atoms with E-state index in [1.54, 1.807) is 52.2 Å². The molecule has 378 valence electrons. The molecule has 4 rings (SSSR count). The average Bonchev–Trinajstić information content (AvgIpc) is 3.92. The molecule has 0 saturated carbocycles. The first-order chi connectivity index (χ1) is 33.1. The number of aromatic amines is 2. The molecule has 0 saturated heterocycles. The number of hydrogen-bond acceptors (Lipinski definition) is 11. The normalized spacial score (nSPS) is 14.7. The molecule has 2 heterocycles. The number of carboxylic acids is 3. The largest absolute Gasteiger partial charge is 0.481 e. The van der Waals surface area contributed by atoms with Crippen molar-refractivity contribution in [2.75, 3.05) is 6.54 Å². The summed E-state index contributed by atoms with van der Waals surface area (Å²) in [5.74, 6) is -11.6. The lowest BCUT2D eigenvalue weighted by atomic mass is 9.98. The van der Waals surface area contributed by atoms with Gasteiger partial charge >= 0.3 is 17.9 Å². The number of carbonyl (C=O) groups excluding carboxylic acids is 7. The summed E-state index contributed by atoms with van der Waals surface area (Å²) >= 11 is 0. The third-order valence-electron chi connectivity index (χ3n) is 11.7. The second kappa shape index (κ2) is 25.5. The lowest BCUT2D eigenvalue weighted by Crippen LogP contribution is -2.59. The second-order valence-corrected chi connectivity index (χ2v) is 17.4. The summed E-state index contributed by atoms with van der Waals surface area (Å²) in [7, 11) is 0. The number of amides is 7. The maximum Gasteiger partial charge on any atom is 0.326 e. The van der Waals surface area contributed by atoms with Crippen LogP contribution in [0.1, 0.15) is 71.4 Å². The Morgan fingerprint density at radius 3 is 1.66 bits per heavy atom. The number of rotatable bonds is 27.